The Morgan fingerprint density at radius 1 is 1.15 bits per heavy atom. The Kier molecular flexibility index (Phi) is 7.55. The molecule has 0 aromatic heterocycles. The van der Waals surface area contributed by atoms with E-state index in [9.17, 15) is 4.39 Å². The van der Waals surface area contributed by atoms with Gasteiger partial charge in [0.2, 0.25) is 0 Å². The number of hydrogen-bond acceptors (Lipinski definition) is 3. The van der Waals surface area contributed by atoms with Crippen molar-refractivity contribution in [3.63, 3.8) is 0 Å². The number of ether oxygens (including phenoxy) is 2. The van der Waals surface area contributed by atoms with Gasteiger partial charge >= 0.3 is 0 Å². The van der Waals surface area contributed by atoms with Gasteiger partial charge in [-0.25, -0.2) is 4.39 Å². The van der Waals surface area contributed by atoms with Crippen molar-refractivity contribution in [2.24, 2.45) is 5.92 Å². The van der Waals surface area contributed by atoms with Crippen LogP contribution in [0.3, 0.4) is 0 Å². The minimum atomic E-state index is -0.322. The topological polar surface area (TPSA) is 30.5 Å². The Balaban J connectivity index is 2.50. The van der Waals surface area contributed by atoms with E-state index in [0.29, 0.717) is 44.1 Å². The normalized spacial score (nSPS) is 11.3. The van der Waals surface area contributed by atoms with Crippen LogP contribution in [0.4, 0.5) is 4.39 Å². The van der Waals surface area contributed by atoms with Crippen LogP contribution in [0.25, 0.3) is 0 Å². The largest absolute Gasteiger partial charge is 0.488 e. The molecule has 0 bridgehead atoms. The van der Waals surface area contributed by atoms with Crippen LogP contribution in [-0.2, 0) is 11.3 Å². The van der Waals surface area contributed by atoms with Crippen molar-refractivity contribution in [1.29, 1.82) is 0 Å². The summed E-state index contributed by atoms with van der Waals surface area (Å²) in [4.78, 5) is 0. The first-order chi connectivity index (χ1) is 9.50. The Hall–Kier alpha value is -1.13. The zero-order valence-electron chi connectivity index (χ0n) is 12.9. The number of hydrogen-bond donors (Lipinski definition) is 1. The van der Waals surface area contributed by atoms with Gasteiger partial charge in [0, 0.05) is 24.8 Å². The van der Waals surface area contributed by atoms with Crippen molar-refractivity contribution >= 4 is 0 Å². The maximum absolute atomic E-state index is 13.8. The molecule has 0 aliphatic carbocycles. The van der Waals surface area contributed by atoms with E-state index in [4.69, 9.17) is 9.47 Å². The molecule has 114 valence electrons. The minimum Gasteiger partial charge on any atom is -0.488 e. The molecular weight excluding hydrogens is 257 g/mol. The van der Waals surface area contributed by atoms with Gasteiger partial charge in [0.1, 0.15) is 6.61 Å². The molecule has 0 heterocycles. The van der Waals surface area contributed by atoms with Gasteiger partial charge in [-0.2, -0.15) is 0 Å². The fourth-order valence-corrected chi connectivity index (χ4v) is 1.69. The maximum atomic E-state index is 13.8. The van der Waals surface area contributed by atoms with Crippen LogP contribution in [-0.4, -0.2) is 25.9 Å². The third kappa shape index (κ3) is 6.35. The molecule has 0 saturated carbocycles. The van der Waals surface area contributed by atoms with Crippen LogP contribution < -0.4 is 10.1 Å². The monoisotopic (exact) mass is 283 g/mol. The number of para-hydroxylation sites is 1. The quantitative estimate of drug-likeness (QED) is 0.705. The first kappa shape index (κ1) is 16.9. The second-order valence-corrected chi connectivity index (χ2v) is 5.58. The van der Waals surface area contributed by atoms with Crippen molar-refractivity contribution in [3.05, 3.63) is 29.6 Å². The summed E-state index contributed by atoms with van der Waals surface area (Å²) in [5.74, 6) is 0.500. The van der Waals surface area contributed by atoms with Crippen molar-refractivity contribution in [1.82, 2.24) is 5.32 Å². The Labute approximate surface area is 121 Å². The highest BCUT2D eigenvalue weighted by Crippen LogP contribution is 2.22. The fraction of sp³-hybridized carbons (Fsp3) is 0.625. The standard InChI is InChI=1S/C16H26FNO2/c1-12(2)11-19-8-9-20-16-14(10-18-13(3)4)6-5-7-15(16)17/h5-7,12-13,18H,8-11H2,1-4H3. The predicted molar refractivity (Wildman–Crippen MR) is 79.5 cm³/mol. The van der Waals surface area contributed by atoms with Crippen molar-refractivity contribution in [2.45, 2.75) is 40.3 Å². The van der Waals surface area contributed by atoms with Crippen LogP contribution in [0.5, 0.6) is 5.75 Å². The molecule has 0 unspecified atom stereocenters. The summed E-state index contributed by atoms with van der Waals surface area (Å²) < 4.78 is 24.8. The molecule has 0 spiro atoms. The SMILES string of the molecule is CC(C)COCCOc1c(F)cccc1CNC(C)C. The summed E-state index contributed by atoms with van der Waals surface area (Å²) >= 11 is 0. The molecule has 0 aliphatic heterocycles. The van der Waals surface area contributed by atoms with Gasteiger partial charge in [0.25, 0.3) is 0 Å². The van der Waals surface area contributed by atoms with Crippen LogP contribution >= 0.6 is 0 Å². The molecule has 1 aromatic rings. The number of nitrogens with one attached hydrogen (secondary N) is 1. The van der Waals surface area contributed by atoms with Gasteiger partial charge in [0.05, 0.1) is 6.61 Å². The van der Waals surface area contributed by atoms with E-state index in [1.807, 2.05) is 6.07 Å². The summed E-state index contributed by atoms with van der Waals surface area (Å²) in [6, 6.07) is 5.35. The summed E-state index contributed by atoms with van der Waals surface area (Å²) in [6.45, 7) is 10.4. The zero-order valence-corrected chi connectivity index (χ0v) is 12.9. The van der Waals surface area contributed by atoms with Gasteiger partial charge < -0.3 is 14.8 Å². The smallest absolute Gasteiger partial charge is 0.165 e. The molecule has 0 saturated heterocycles. The van der Waals surface area contributed by atoms with Crippen LogP contribution in [0.15, 0.2) is 18.2 Å². The lowest BCUT2D eigenvalue weighted by Gasteiger charge is -2.15. The molecule has 20 heavy (non-hydrogen) atoms. The van der Waals surface area contributed by atoms with Crippen molar-refractivity contribution in [3.8, 4) is 5.75 Å². The summed E-state index contributed by atoms with van der Waals surface area (Å²) in [6.07, 6.45) is 0. The lowest BCUT2D eigenvalue weighted by molar-refractivity contribution is 0.0804. The van der Waals surface area contributed by atoms with E-state index in [0.717, 1.165) is 5.56 Å². The molecule has 0 amide bonds. The summed E-state index contributed by atoms with van der Waals surface area (Å²) in [7, 11) is 0. The summed E-state index contributed by atoms with van der Waals surface area (Å²) in [5, 5.41) is 3.27. The Bertz CT molecular complexity index is 394. The van der Waals surface area contributed by atoms with E-state index < -0.39 is 0 Å². The number of rotatable bonds is 9. The summed E-state index contributed by atoms with van der Waals surface area (Å²) in [5.41, 5.74) is 0.836. The molecule has 1 rings (SSSR count). The lowest BCUT2D eigenvalue weighted by atomic mass is 10.2. The van der Waals surface area contributed by atoms with Gasteiger partial charge in [-0.05, 0) is 12.0 Å². The van der Waals surface area contributed by atoms with Gasteiger partial charge in [-0.3, -0.25) is 0 Å². The molecule has 0 radical (unpaired) electrons. The molecule has 4 heteroatoms. The molecule has 0 atom stereocenters. The van der Waals surface area contributed by atoms with Gasteiger partial charge in [-0.1, -0.05) is 39.8 Å². The van der Waals surface area contributed by atoms with Gasteiger partial charge in [-0.15, -0.1) is 0 Å². The Morgan fingerprint density at radius 2 is 1.90 bits per heavy atom. The average Bonchev–Trinajstić information content (AvgIpc) is 2.37. The van der Waals surface area contributed by atoms with Crippen molar-refractivity contribution < 1.29 is 13.9 Å². The third-order valence-corrected chi connectivity index (χ3v) is 2.67. The van der Waals surface area contributed by atoms with E-state index in [1.54, 1.807) is 6.07 Å². The lowest BCUT2D eigenvalue weighted by Crippen LogP contribution is -2.22. The highest BCUT2D eigenvalue weighted by atomic mass is 19.1. The molecule has 1 N–H and O–H groups in total. The number of benzene rings is 1. The zero-order chi connectivity index (χ0) is 15.0. The second-order valence-electron chi connectivity index (χ2n) is 5.58. The van der Waals surface area contributed by atoms with Crippen molar-refractivity contribution in [2.75, 3.05) is 19.8 Å². The second kappa shape index (κ2) is 8.93. The van der Waals surface area contributed by atoms with Gasteiger partial charge in [0.15, 0.2) is 11.6 Å². The minimum absolute atomic E-state index is 0.322. The highest BCUT2D eigenvalue weighted by molar-refractivity contribution is 5.34. The average molecular weight is 283 g/mol. The van der Waals surface area contributed by atoms with E-state index in [-0.39, 0.29) is 5.82 Å². The first-order valence-electron chi connectivity index (χ1n) is 7.22. The molecule has 3 nitrogen and oxygen atoms in total. The maximum Gasteiger partial charge on any atom is 0.165 e. The molecule has 0 fully saturated rings. The van der Waals surface area contributed by atoms with E-state index in [2.05, 4.69) is 33.0 Å². The predicted octanol–water partition coefficient (Wildman–Crippen LogP) is 3.38. The molecular formula is C16H26FNO2. The molecule has 1 aromatic carbocycles. The number of halogens is 1. The van der Waals surface area contributed by atoms with Crippen LogP contribution in [0.2, 0.25) is 0 Å². The first-order valence-corrected chi connectivity index (χ1v) is 7.22. The highest BCUT2D eigenvalue weighted by Gasteiger charge is 2.10. The third-order valence-electron chi connectivity index (χ3n) is 2.67. The van der Waals surface area contributed by atoms with E-state index in [1.165, 1.54) is 6.07 Å². The van der Waals surface area contributed by atoms with Crippen LogP contribution in [0.1, 0.15) is 33.3 Å². The fourth-order valence-electron chi connectivity index (χ4n) is 1.69. The van der Waals surface area contributed by atoms with E-state index >= 15 is 0 Å². The molecule has 0 aliphatic rings. The van der Waals surface area contributed by atoms with Crippen LogP contribution in [0, 0.1) is 11.7 Å². The Morgan fingerprint density at radius 3 is 2.55 bits per heavy atom.